The van der Waals surface area contributed by atoms with Gasteiger partial charge in [0.25, 0.3) is 0 Å². The Kier molecular flexibility index (Phi) is 6.26. The number of anilines is 2. The lowest BCUT2D eigenvalue weighted by molar-refractivity contribution is 0.403. The second kappa shape index (κ2) is 7.47. The average Bonchev–Trinajstić information content (AvgIpc) is 2.73. The fourth-order valence-electron chi connectivity index (χ4n) is 1.95. The third kappa shape index (κ3) is 4.67. The smallest absolute Gasteiger partial charge is 0.180 e. The summed E-state index contributed by atoms with van der Waals surface area (Å²) in [6, 6.07) is 6.49. The Morgan fingerprint density at radius 1 is 1.35 bits per heavy atom. The molecule has 0 atom stereocenters. The number of rotatable bonds is 5. The van der Waals surface area contributed by atoms with Crippen molar-refractivity contribution in [2.24, 2.45) is 0 Å². The Hall–Kier alpha value is -1.30. The predicted octanol–water partition coefficient (Wildman–Crippen LogP) is 3.13. The molecule has 3 N–H and O–H groups in total. The number of halogens is 1. The summed E-state index contributed by atoms with van der Waals surface area (Å²) in [4.78, 5) is 7.38. The van der Waals surface area contributed by atoms with Crippen molar-refractivity contribution in [1.29, 1.82) is 0 Å². The van der Waals surface area contributed by atoms with Gasteiger partial charge in [-0.1, -0.05) is 17.7 Å². The molecule has 2 aromatic rings. The molecule has 0 radical (unpaired) electrons. The Balaban J connectivity index is 0.00000200. The van der Waals surface area contributed by atoms with E-state index in [1.54, 1.807) is 0 Å². The normalized spacial score (nSPS) is 10.4. The highest BCUT2D eigenvalue weighted by Gasteiger charge is 2.05. The van der Waals surface area contributed by atoms with Gasteiger partial charge >= 0.3 is 0 Å². The minimum Gasteiger partial charge on any atom is -0.380 e. The third-order valence-electron chi connectivity index (χ3n) is 2.77. The molecule has 6 heteroatoms. The van der Waals surface area contributed by atoms with Crippen LogP contribution in [0.3, 0.4) is 0 Å². The van der Waals surface area contributed by atoms with Crippen molar-refractivity contribution in [3.63, 3.8) is 0 Å². The van der Waals surface area contributed by atoms with Crippen LogP contribution < -0.4 is 11.1 Å². The minimum atomic E-state index is 0. The molecule has 110 valence electrons. The Morgan fingerprint density at radius 3 is 2.70 bits per heavy atom. The van der Waals surface area contributed by atoms with Crippen molar-refractivity contribution in [3.8, 4) is 0 Å². The molecule has 0 spiro atoms. The van der Waals surface area contributed by atoms with Crippen LogP contribution in [0.25, 0.3) is 0 Å². The molecular formula is C14H21ClN4S. The SMILES string of the molecule is Cc1ccc(NCc2cnc(N)s2)c(CN(C)C)c1.Cl. The lowest BCUT2D eigenvalue weighted by Gasteiger charge is -2.16. The molecule has 2 rings (SSSR count). The summed E-state index contributed by atoms with van der Waals surface area (Å²) < 4.78 is 0. The third-order valence-corrected chi connectivity index (χ3v) is 3.60. The van der Waals surface area contributed by atoms with Crippen molar-refractivity contribution < 1.29 is 0 Å². The lowest BCUT2D eigenvalue weighted by atomic mass is 10.1. The fourth-order valence-corrected chi connectivity index (χ4v) is 2.58. The first-order chi connectivity index (χ1) is 9.04. The van der Waals surface area contributed by atoms with Gasteiger partial charge < -0.3 is 16.0 Å². The highest BCUT2D eigenvalue weighted by molar-refractivity contribution is 7.15. The summed E-state index contributed by atoms with van der Waals surface area (Å²) in [5.41, 5.74) is 9.40. The van der Waals surface area contributed by atoms with Crippen LogP contribution >= 0.6 is 23.7 Å². The molecule has 0 aliphatic rings. The van der Waals surface area contributed by atoms with E-state index in [0.29, 0.717) is 5.13 Å². The molecule has 20 heavy (non-hydrogen) atoms. The number of hydrogen-bond acceptors (Lipinski definition) is 5. The van der Waals surface area contributed by atoms with Crippen LogP contribution in [0, 0.1) is 6.92 Å². The van der Waals surface area contributed by atoms with Gasteiger partial charge in [0.05, 0.1) is 6.54 Å². The summed E-state index contributed by atoms with van der Waals surface area (Å²) in [6.07, 6.45) is 1.83. The predicted molar refractivity (Wildman–Crippen MR) is 89.7 cm³/mol. The van der Waals surface area contributed by atoms with E-state index in [1.807, 2.05) is 6.20 Å². The second-order valence-corrected chi connectivity index (χ2v) is 6.06. The van der Waals surface area contributed by atoms with Crippen LogP contribution in [-0.4, -0.2) is 24.0 Å². The van der Waals surface area contributed by atoms with Crippen LogP contribution in [-0.2, 0) is 13.1 Å². The monoisotopic (exact) mass is 312 g/mol. The molecule has 0 fully saturated rings. The zero-order chi connectivity index (χ0) is 13.8. The van der Waals surface area contributed by atoms with Gasteiger partial charge in [-0.25, -0.2) is 4.98 Å². The Labute approximate surface area is 130 Å². The van der Waals surface area contributed by atoms with E-state index in [9.17, 15) is 0 Å². The van der Waals surface area contributed by atoms with E-state index in [2.05, 4.69) is 54.4 Å². The number of benzene rings is 1. The number of hydrogen-bond donors (Lipinski definition) is 2. The number of nitrogens with one attached hydrogen (secondary N) is 1. The first-order valence-electron chi connectivity index (χ1n) is 6.23. The van der Waals surface area contributed by atoms with Gasteiger partial charge in [-0.05, 0) is 32.6 Å². The molecule has 0 aliphatic carbocycles. The molecule has 1 heterocycles. The van der Waals surface area contributed by atoms with Gasteiger partial charge in [0.2, 0.25) is 0 Å². The standard InChI is InChI=1S/C14H20N4S.ClH/c1-10-4-5-13(11(6-10)9-18(2)3)16-7-12-8-17-14(15)19-12;/h4-6,8,16H,7,9H2,1-3H3,(H2,15,17);1H. The van der Waals surface area contributed by atoms with E-state index in [0.717, 1.165) is 18.0 Å². The van der Waals surface area contributed by atoms with Gasteiger partial charge in [0.1, 0.15) is 0 Å². The maximum absolute atomic E-state index is 5.64. The zero-order valence-electron chi connectivity index (χ0n) is 12.0. The van der Waals surface area contributed by atoms with Crippen molar-refractivity contribution in [2.75, 3.05) is 25.1 Å². The summed E-state index contributed by atoms with van der Waals surface area (Å²) in [5.74, 6) is 0. The average molecular weight is 313 g/mol. The van der Waals surface area contributed by atoms with Gasteiger partial charge in [-0.3, -0.25) is 0 Å². The van der Waals surface area contributed by atoms with Gasteiger partial charge in [-0.15, -0.1) is 23.7 Å². The molecule has 0 amide bonds. The van der Waals surface area contributed by atoms with E-state index in [-0.39, 0.29) is 12.4 Å². The molecule has 1 aromatic carbocycles. The summed E-state index contributed by atoms with van der Waals surface area (Å²) >= 11 is 1.52. The quantitative estimate of drug-likeness (QED) is 0.890. The molecule has 4 nitrogen and oxygen atoms in total. The van der Waals surface area contributed by atoms with Gasteiger partial charge in [-0.2, -0.15) is 0 Å². The topological polar surface area (TPSA) is 54.2 Å². The number of nitrogens with two attached hydrogens (primary N) is 1. The number of aromatic nitrogens is 1. The van der Waals surface area contributed by atoms with Gasteiger partial charge in [0, 0.05) is 23.3 Å². The number of nitrogens with zero attached hydrogens (tertiary/aromatic N) is 2. The first kappa shape index (κ1) is 16.8. The molecule has 1 aromatic heterocycles. The van der Waals surface area contributed by atoms with Crippen molar-refractivity contribution in [3.05, 3.63) is 40.4 Å². The van der Waals surface area contributed by atoms with E-state index in [1.165, 1.54) is 28.2 Å². The largest absolute Gasteiger partial charge is 0.380 e. The summed E-state index contributed by atoms with van der Waals surface area (Å²) in [7, 11) is 4.16. The second-order valence-electron chi connectivity index (χ2n) is 4.92. The molecule has 0 saturated heterocycles. The van der Waals surface area contributed by atoms with Crippen LogP contribution in [0.15, 0.2) is 24.4 Å². The van der Waals surface area contributed by atoms with Crippen LogP contribution in [0.5, 0.6) is 0 Å². The molecular weight excluding hydrogens is 292 g/mol. The number of aryl methyl sites for hydroxylation is 1. The maximum Gasteiger partial charge on any atom is 0.180 e. The van der Waals surface area contributed by atoms with Crippen LogP contribution in [0.4, 0.5) is 10.8 Å². The van der Waals surface area contributed by atoms with Crippen molar-refractivity contribution in [1.82, 2.24) is 9.88 Å². The van der Waals surface area contributed by atoms with Crippen molar-refractivity contribution in [2.45, 2.75) is 20.0 Å². The van der Waals surface area contributed by atoms with Crippen molar-refractivity contribution >= 4 is 34.6 Å². The van der Waals surface area contributed by atoms with E-state index < -0.39 is 0 Å². The molecule has 0 unspecified atom stereocenters. The van der Waals surface area contributed by atoms with E-state index in [4.69, 9.17) is 5.73 Å². The summed E-state index contributed by atoms with van der Waals surface area (Å²) in [6.45, 7) is 3.81. The number of thiazole rings is 1. The lowest BCUT2D eigenvalue weighted by Crippen LogP contribution is -2.13. The first-order valence-corrected chi connectivity index (χ1v) is 7.04. The molecule has 0 bridgehead atoms. The van der Waals surface area contributed by atoms with Gasteiger partial charge in [0.15, 0.2) is 5.13 Å². The highest BCUT2D eigenvalue weighted by Crippen LogP contribution is 2.21. The Bertz CT molecular complexity index is 554. The fraction of sp³-hybridized carbons (Fsp3) is 0.357. The van der Waals surface area contributed by atoms with Crippen LogP contribution in [0.2, 0.25) is 0 Å². The van der Waals surface area contributed by atoms with Crippen LogP contribution in [0.1, 0.15) is 16.0 Å². The highest BCUT2D eigenvalue weighted by atomic mass is 35.5. The minimum absolute atomic E-state index is 0. The molecule has 0 saturated carbocycles. The number of nitrogen functional groups attached to an aromatic ring is 1. The molecule has 0 aliphatic heterocycles. The van der Waals surface area contributed by atoms with E-state index >= 15 is 0 Å². The summed E-state index contributed by atoms with van der Waals surface area (Å²) in [5, 5.41) is 4.08. The zero-order valence-corrected chi connectivity index (χ0v) is 13.6. The maximum atomic E-state index is 5.64. The Morgan fingerprint density at radius 2 is 2.10 bits per heavy atom.